The molecule has 2 nitrogen and oxygen atoms in total. The van der Waals surface area contributed by atoms with Crippen molar-refractivity contribution in [3.8, 4) is 0 Å². The van der Waals surface area contributed by atoms with Gasteiger partial charge in [-0.3, -0.25) is 0 Å². The molecule has 0 fully saturated rings. The summed E-state index contributed by atoms with van der Waals surface area (Å²) >= 11 is 9.03. The van der Waals surface area contributed by atoms with Crippen LogP contribution in [0, 0.1) is 0 Å². The lowest BCUT2D eigenvalue weighted by Gasteiger charge is -2.13. The summed E-state index contributed by atoms with van der Waals surface area (Å²) < 4.78 is 0. The summed E-state index contributed by atoms with van der Waals surface area (Å²) in [5, 5.41) is 4.75. The maximum atomic E-state index is 4.52. The van der Waals surface area contributed by atoms with Crippen LogP contribution in [0.3, 0.4) is 0 Å². The highest BCUT2D eigenvalue weighted by atomic mass is 32.1. The van der Waals surface area contributed by atoms with E-state index in [1.54, 1.807) is 0 Å². The van der Waals surface area contributed by atoms with Gasteiger partial charge in [-0.2, -0.15) is 4.99 Å². The van der Waals surface area contributed by atoms with E-state index in [1.165, 1.54) is 0 Å². The van der Waals surface area contributed by atoms with Crippen molar-refractivity contribution in [1.82, 2.24) is 0 Å². The molecule has 1 aliphatic carbocycles. The molecule has 0 heterocycles. The van der Waals surface area contributed by atoms with Gasteiger partial charge in [0.2, 0.25) is 0 Å². The lowest BCUT2D eigenvalue weighted by atomic mass is 10.0. The van der Waals surface area contributed by atoms with Crippen molar-refractivity contribution >= 4 is 34.8 Å². The van der Waals surface area contributed by atoms with Crippen LogP contribution in [0.25, 0.3) is 0 Å². The molecule has 1 rings (SSSR count). The van der Waals surface area contributed by atoms with E-state index < -0.39 is 0 Å². The highest BCUT2D eigenvalue weighted by Gasteiger charge is 2.11. The molecule has 0 amide bonds. The molecule has 0 aromatic carbocycles. The summed E-state index contributed by atoms with van der Waals surface area (Å²) in [4.78, 5) is 7.93. The molecule has 0 saturated carbocycles. The van der Waals surface area contributed by atoms with E-state index in [1.807, 2.05) is 6.08 Å². The second kappa shape index (κ2) is 5.07. The van der Waals surface area contributed by atoms with Crippen molar-refractivity contribution in [2.45, 2.75) is 25.3 Å². The Hall–Kier alpha value is -0.660. The number of allylic oxidation sites excluding steroid dienone is 1. The summed E-state index contributed by atoms with van der Waals surface area (Å²) in [6.07, 6.45) is 4.81. The average Bonchev–Trinajstić information content (AvgIpc) is 2.09. The van der Waals surface area contributed by atoms with Crippen LogP contribution in [-0.2, 0) is 0 Å². The van der Waals surface area contributed by atoms with Crippen LogP contribution in [0.1, 0.15) is 19.3 Å². The normalized spacial score (nSPS) is 21.7. The molecule has 0 aliphatic heterocycles. The Balaban J connectivity index is 2.58. The van der Waals surface area contributed by atoms with Gasteiger partial charge in [-0.25, -0.2) is 4.99 Å². The van der Waals surface area contributed by atoms with Crippen molar-refractivity contribution in [2.24, 2.45) is 9.98 Å². The predicted octanol–water partition coefficient (Wildman–Crippen LogP) is 2.63. The largest absolute Gasteiger partial charge is 0.229 e. The number of nitrogens with zero attached hydrogens (tertiary/aromatic N) is 2. The molecular formula is C8H8N2S2. The van der Waals surface area contributed by atoms with Crippen molar-refractivity contribution in [2.75, 3.05) is 0 Å². The fraction of sp³-hybridized carbons (Fsp3) is 0.500. The molecule has 1 unspecified atom stereocenters. The first-order chi connectivity index (χ1) is 5.86. The SMILES string of the molecule is S=C=NC1=CCC(N=C=S)CC1. The molecule has 0 N–H and O–H groups in total. The van der Waals surface area contributed by atoms with Crippen molar-refractivity contribution in [3.63, 3.8) is 0 Å². The Kier molecular flexibility index (Phi) is 3.98. The Morgan fingerprint density at radius 1 is 1.42 bits per heavy atom. The standard InChI is InChI=1S/C8H8N2S2/c11-5-9-7-1-2-8(4-3-7)10-6-12/h1,8H,2-4H2. The molecule has 12 heavy (non-hydrogen) atoms. The fourth-order valence-corrected chi connectivity index (χ4v) is 1.42. The quantitative estimate of drug-likeness (QED) is 0.501. The van der Waals surface area contributed by atoms with E-state index in [0.29, 0.717) is 6.04 Å². The van der Waals surface area contributed by atoms with Gasteiger partial charge in [0, 0.05) is 5.70 Å². The maximum Gasteiger partial charge on any atom is 0.0641 e. The summed E-state index contributed by atoms with van der Waals surface area (Å²) in [6.45, 7) is 0. The van der Waals surface area contributed by atoms with Gasteiger partial charge in [0.25, 0.3) is 0 Å². The second-order valence-electron chi connectivity index (χ2n) is 2.55. The Bertz CT molecular complexity index is 283. The van der Waals surface area contributed by atoms with E-state index in [4.69, 9.17) is 0 Å². The number of rotatable bonds is 2. The second-order valence-corrected chi connectivity index (χ2v) is 2.91. The first-order valence-corrected chi connectivity index (χ1v) is 4.52. The van der Waals surface area contributed by atoms with Gasteiger partial charge in [-0.1, -0.05) is 6.08 Å². The molecule has 62 valence electrons. The molecule has 0 spiro atoms. The third-order valence-corrected chi connectivity index (χ3v) is 1.98. The number of thiocarbonyl (C=S) groups is 2. The van der Waals surface area contributed by atoms with Gasteiger partial charge in [0.15, 0.2) is 0 Å². The van der Waals surface area contributed by atoms with E-state index >= 15 is 0 Å². The molecule has 0 radical (unpaired) electrons. The van der Waals surface area contributed by atoms with Crippen LogP contribution >= 0.6 is 24.4 Å². The highest BCUT2D eigenvalue weighted by molar-refractivity contribution is 7.78. The van der Waals surface area contributed by atoms with Gasteiger partial charge >= 0.3 is 0 Å². The number of hydrogen-bond acceptors (Lipinski definition) is 4. The lowest BCUT2D eigenvalue weighted by molar-refractivity contribution is 0.593. The van der Waals surface area contributed by atoms with Gasteiger partial charge in [-0.05, 0) is 43.7 Å². The van der Waals surface area contributed by atoms with E-state index in [9.17, 15) is 0 Å². The van der Waals surface area contributed by atoms with Crippen LogP contribution in [0.5, 0.6) is 0 Å². The topological polar surface area (TPSA) is 24.7 Å². The minimum absolute atomic E-state index is 0.298. The van der Waals surface area contributed by atoms with E-state index in [-0.39, 0.29) is 0 Å². The highest BCUT2D eigenvalue weighted by Crippen LogP contribution is 2.20. The maximum absolute atomic E-state index is 4.52. The minimum Gasteiger partial charge on any atom is -0.229 e. The van der Waals surface area contributed by atoms with Gasteiger partial charge in [0.1, 0.15) is 0 Å². The average molecular weight is 196 g/mol. The molecule has 1 aliphatic rings. The molecule has 0 aromatic rings. The first kappa shape index (κ1) is 9.43. The molecule has 0 saturated heterocycles. The van der Waals surface area contributed by atoms with E-state index in [0.717, 1.165) is 25.0 Å². The van der Waals surface area contributed by atoms with Crippen LogP contribution < -0.4 is 0 Å². The molecule has 0 aromatic heterocycles. The third-order valence-electron chi connectivity index (χ3n) is 1.78. The smallest absolute Gasteiger partial charge is 0.0641 e. The van der Waals surface area contributed by atoms with Crippen molar-refractivity contribution < 1.29 is 0 Å². The monoisotopic (exact) mass is 196 g/mol. The van der Waals surface area contributed by atoms with Crippen LogP contribution in [0.4, 0.5) is 0 Å². The number of aliphatic imine (C=N–C) groups is 2. The molecule has 1 atom stereocenters. The number of isothiocyanates is 2. The third kappa shape index (κ3) is 2.76. The Morgan fingerprint density at radius 3 is 2.75 bits per heavy atom. The van der Waals surface area contributed by atoms with Gasteiger partial charge in [-0.15, -0.1) is 0 Å². The summed E-state index contributed by atoms with van der Waals surface area (Å²) in [5.74, 6) is 0. The zero-order chi connectivity index (χ0) is 8.81. The summed E-state index contributed by atoms with van der Waals surface area (Å²) in [6, 6.07) is 0.298. The first-order valence-electron chi connectivity index (χ1n) is 3.70. The lowest BCUT2D eigenvalue weighted by Crippen LogP contribution is -2.07. The summed E-state index contributed by atoms with van der Waals surface area (Å²) in [7, 11) is 0. The fourth-order valence-electron chi connectivity index (χ4n) is 1.16. The number of hydrogen-bond donors (Lipinski definition) is 0. The van der Waals surface area contributed by atoms with Crippen molar-refractivity contribution in [3.05, 3.63) is 11.8 Å². The van der Waals surface area contributed by atoms with Gasteiger partial charge in [0.05, 0.1) is 16.4 Å². The Morgan fingerprint density at radius 2 is 2.25 bits per heavy atom. The van der Waals surface area contributed by atoms with Crippen LogP contribution in [0.2, 0.25) is 0 Å². The van der Waals surface area contributed by atoms with Crippen LogP contribution in [0.15, 0.2) is 21.8 Å². The van der Waals surface area contributed by atoms with E-state index in [2.05, 4.69) is 44.7 Å². The predicted molar refractivity (Wildman–Crippen MR) is 55.8 cm³/mol. The van der Waals surface area contributed by atoms with Crippen LogP contribution in [-0.4, -0.2) is 16.4 Å². The molecule has 4 heteroatoms. The van der Waals surface area contributed by atoms with Gasteiger partial charge < -0.3 is 0 Å². The van der Waals surface area contributed by atoms with Crippen molar-refractivity contribution in [1.29, 1.82) is 0 Å². The Labute approximate surface area is 82.1 Å². The zero-order valence-electron chi connectivity index (χ0n) is 6.49. The summed E-state index contributed by atoms with van der Waals surface area (Å²) in [5.41, 5.74) is 1.01. The molecular weight excluding hydrogens is 188 g/mol. The molecule has 0 bridgehead atoms. The zero-order valence-corrected chi connectivity index (χ0v) is 8.12. The minimum atomic E-state index is 0.298.